The lowest BCUT2D eigenvalue weighted by Gasteiger charge is -2.00. The number of halogens is 1. The summed E-state index contributed by atoms with van der Waals surface area (Å²) in [6.45, 7) is 2.07. The average molecular weight is 165 g/mol. The fraction of sp³-hybridized carbons (Fsp3) is 0.200. The van der Waals surface area contributed by atoms with Gasteiger partial charge in [-0.25, -0.2) is 0 Å². The van der Waals surface area contributed by atoms with E-state index in [0.29, 0.717) is 5.02 Å². The Bertz CT molecular complexity index is 294. The smallest absolute Gasteiger partial charge is 0.0418 e. The third-order valence-electron chi connectivity index (χ3n) is 1.61. The molecule has 0 nitrogen and oxygen atoms in total. The molecule has 0 saturated heterocycles. The first-order chi connectivity index (χ1) is 5.27. The Kier molecular flexibility index (Phi) is 2.57. The molecule has 0 heterocycles. The van der Waals surface area contributed by atoms with Crippen molar-refractivity contribution in [2.24, 2.45) is 0 Å². The van der Waals surface area contributed by atoms with E-state index in [1.165, 1.54) is 5.56 Å². The Balaban J connectivity index is 3.19. The molecule has 0 aliphatic rings. The Hall–Kier alpha value is -0.930. The molecule has 1 aromatic carbocycles. The topological polar surface area (TPSA) is 0 Å². The van der Waals surface area contributed by atoms with Crippen LogP contribution in [0.2, 0.25) is 5.02 Å². The monoisotopic (exact) mass is 164 g/mol. The molecule has 1 aromatic rings. The first kappa shape index (κ1) is 8.17. The number of benzene rings is 1. The van der Waals surface area contributed by atoms with Crippen molar-refractivity contribution in [3.05, 3.63) is 34.3 Å². The van der Waals surface area contributed by atoms with Crippen LogP contribution in [0.25, 0.3) is 0 Å². The molecule has 0 unspecified atom stereocenters. The lowest BCUT2D eigenvalue weighted by Crippen LogP contribution is -1.85. The van der Waals surface area contributed by atoms with Gasteiger partial charge in [0.15, 0.2) is 0 Å². The maximum Gasteiger partial charge on any atom is 0.0418 e. The molecule has 11 heavy (non-hydrogen) atoms. The molecule has 0 N–H and O–H groups in total. The second-order valence-electron chi connectivity index (χ2n) is 2.30. The van der Waals surface area contributed by atoms with Crippen LogP contribution in [-0.2, 0) is 6.42 Å². The summed E-state index contributed by atoms with van der Waals surface area (Å²) in [6.07, 6.45) is 6.24. The average Bonchev–Trinajstić information content (AvgIpc) is 2.04. The quantitative estimate of drug-likeness (QED) is 0.560. The van der Waals surface area contributed by atoms with Crippen LogP contribution < -0.4 is 0 Å². The van der Waals surface area contributed by atoms with E-state index >= 15 is 0 Å². The molecule has 0 aliphatic carbocycles. The van der Waals surface area contributed by atoms with Crippen molar-refractivity contribution >= 4 is 11.6 Å². The van der Waals surface area contributed by atoms with E-state index in [4.69, 9.17) is 18.0 Å². The van der Waals surface area contributed by atoms with Gasteiger partial charge in [-0.3, -0.25) is 0 Å². The lowest BCUT2D eigenvalue weighted by molar-refractivity contribution is 1.13. The van der Waals surface area contributed by atoms with E-state index in [9.17, 15) is 0 Å². The minimum Gasteiger partial charge on any atom is -0.115 e. The SMILES string of the molecule is C#Cc1cc(Cl)ccc1CC. The Morgan fingerprint density at radius 1 is 1.55 bits per heavy atom. The normalized spacial score (nSPS) is 9.18. The molecule has 1 rings (SSSR count). The van der Waals surface area contributed by atoms with Gasteiger partial charge in [-0.05, 0) is 24.1 Å². The number of hydrogen-bond donors (Lipinski definition) is 0. The molecule has 0 saturated carbocycles. The molecule has 0 aliphatic heterocycles. The van der Waals surface area contributed by atoms with Gasteiger partial charge in [0.05, 0.1) is 0 Å². The Morgan fingerprint density at radius 2 is 2.27 bits per heavy atom. The Labute approximate surface area is 72.2 Å². The van der Waals surface area contributed by atoms with Crippen molar-refractivity contribution in [3.8, 4) is 12.3 Å². The highest BCUT2D eigenvalue weighted by atomic mass is 35.5. The first-order valence-electron chi connectivity index (χ1n) is 3.53. The summed E-state index contributed by atoms with van der Waals surface area (Å²) in [6, 6.07) is 5.65. The molecule has 1 heteroatoms. The van der Waals surface area contributed by atoms with E-state index in [2.05, 4.69) is 12.8 Å². The van der Waals surface area contributed by atoms with Crippen LogP contribution in [0.3, 0.4) is 0 Å². The molecule has 0 radical (unpaired) electrons. The van der Waals surface area contributed by atoms with Crippen LogP contribution in [0.5, 0.6) is 0 Å². The fourth-order valence-corrected chi connectivity index (χ4v) is 1.16. The number of aryl methyl sites for hydroxylation is 1. The van der Waals surface area contributed by atoms with Crippen molar-refractivity contribution in [2.75, 3.05) is 0 Å². The standard InChI is InChI=1S/C10H9Cl/c1-3-8-5-6-10(11)7-9(8)4-2/h2,5-7H,3H2,1H3. The van der Waals surface area contributed by atoms with Crippen molar-refractivity contribution in [2.45, 2.75) is 13.3 Å². The lowest BCUT2D eigenvalue weighted by atomic mass is 10.1. The van der Waals surface area contributed by atoms with Gasteiger partial charge in [0.25, 0.3) is 0 Å². The maximum atomic E-state index is 5.76. The van der Waals surface area contributed by atoms with Gasteiger partial charge in [0, 0.05) is 10.6 Å². The van der Waals surface area contributed by atoms with Crippen LogP contribution in [0, 0.1) is 12.3 Å². The van der Waals surface area contributed by atoms with Gasteiger partial charge < -0.3 is 0 Å². The minimum atomic E-state index is 0.704. The van der Waals surface area contributed by atoms with E-state index < -0.39 is 0 Å². The highest BCUT2D eigenvalue weighted by Gasteiger charge is 1.97. The van der Waals surface area contributed by atoms with E-state index in [0.717, 1.165) is 12.0 Å². The van der Waals surface area contributed by atoms with Crippen molar-refractivity contribution in [3.63, 3.8) is 0 Å². The molecule has 0 amide bonds. The van der Waals surface area contributed by atoms with Gasteiger partial charge in [0.1, 0.15) is 0 Å². The third-order valence-corrected chi connectivity index (χ3v) is 1.84. The summed E-state index contributed by atoms with van der Waals surface area (Å²) in [5.41, 5.74) is 2.08. The summed E-state index contributed by atoms with van der Waals surface area (Å²) >= 11 is 5.76. The summed E-state index contributed by atoms with van der Waals surface area (Å²) in [5.74, 6) is 2.60. The van der Waals surface area contributed by atoms with Crippen LogP contribution >= 0.6 is 11.6 Å². The molecule has 0 atom stereocenters. The largest absolute Gasteiger partial charge is 0.115 e. The van der Waals surface area contributed by atoms with Crippen LogP contribution in [0.4, 0.5) is 0 Å². The van der Waals surface area contributed by atoms with E-state index in [-0.39, 0.29) is 0 Å². The number of rotatable bonds is 1. The molecular weight excluding hydrogens is 156 g/mol. The fourth-order valence-electron chi connectivity index (χ4n) is 0.991. The zero-order chi connectivity index (χ0) is 8.27. The van der Waals surface area contributed by atoms with Crippen LogP contribution in [-0.4, -0.2) is 0 Å². The molecule has 56 valence electrons. The molecule has 0 aromatic heterocycles. The predicted molar refractivity (Wildman–Crippen MR) is 48.8 cm³/mol. The second kappa shape index (κ2) is 3.46. The van der Waals surface area contributed by atoms with Crippen molar-refractivity contribution < 1.29 is 0 Å². The summed E-state index contributed by atoms with van der Waals surface area (Å²) < 4.78 is 0. The van der Waals surface area contributed by atoms with Gasteiger partial charge in [-0.1, -0.05) is 30.5 Å². The number of hydrogen-bond acceptors (Lipinski definition) is 0. The molecule has 0 fully saturated rings. The first-order valence-corrected chi connectivity index (χ1v) is 3.90. The molecule has 0 bridgehead atoms. The van der Waals surface area contributed by atoms with Crippen LogP contribution in [0.15, 0.2) is 18.2 Å². The van der Waals surface area contributed by atoms with E-state index in [1.54, 1.807) is 0 Å². The molecule has 0 spiro atoms. The third kappa shape index (κ3) is 1.76. The van der Waals surface area contributed by atoms with E-state index in [1.807, 2.05) is 18.2 Å². The summed E-state index contributed by atoms with van der Waals surface area (Å²) in [7, 11) is 0. The maximum absolute atomic E-state index is 5.76. The van der Waals surface area contributed by atoms with Gasteiger partial charge in [0.2, 0.25) is 0 Å². The van der Waals surface area contributed by atoms with Crippen LogP contribution in [0.1, 0.15) is 18.1 Å². The summed E-state index contributed by atoms with van der Waals surface area (Å²) in [5, 5.41) is 0.704. The number of terminal acetylenes is 1. The highest BCUT2D eigenvalue weighted by molar-refractivity contribution is 6.30. The zero-order valence-electron chi connectivity index (χ0n) is 6.39. The highest BCUT2D eigenvalue weighted by Crippen LogP contribution is 2.15. The summed E-state index contributed by atoms with van der Waals surface area (Å²) in [4.78, 5) is 0. The van der Waals surface area contributed by atoms with Crippen molar-refractivity contribution in [1.29, 1.82) is 0 Å². The second-order valence-corrected chi connectivity index (χ2v) is 2.74. The van der Waals surface area contributed by atoms with Gasteiger partial charge in [-0.15, -0.1) is 6.42 Å². The van der Waals surface area contributed by atoms with Gasteiger partial charge >= 0.3 is 0 Å². The minimum absolute atomic E-state index is 0.704. The van der Waals surface area contributed by atoms with Crippen molar-refractivity contribution in [1.82, 2.24) is 0 Å². The van der Waals surface area contributed by atoms with Gasteiger partial charge in [-0.2, -0.15) is 0 Å². The zero-order valence-corrected chi connectivity index (χ0v) is 7.15. The Morgan fingerprint density at radius 3 is 2.82 bits per heavy atom. The molecular formula is C10H9Cl. The predicted octanol–water partition coefficient (Wildman–Crippen LogP) is 2.88.